The van der Waals surface area contributed by atoms with E-state index in [-0.39, 0.29) is 5.41 Å². The normalized spacial score (nSPS) is 13.2. The molecule has 0 aliphatic rings. The summed E-state index contributed by atoms with van der Waals surface area (Å²) < 4.78 is 1.18. The Bertz CT molecular complexity index is 555. The van der Waals surface area contributed by atoms with E-state index in [1.165, 1.54) is 9.13 Å². The SMILES string of the molecule is CCC(C)(C)c1ccc(C(O)c2ccc(I)cc2)cc1. The summed E-state index contributed by atoms with van der Waals surface area (Å²) >= 11 is 2.27. The Morgan fingerprint density at radius 3 is 1.85 bits per heavy atom. The Labute approximate surface area is 135 Å². The molecule has 0 saturated heterocycles. The van der Waals surface area contributed by atoms with Gasteiger partial charge in [0.05, 0.1) is 0 Å². The van der Waals surface area contributed by atoms with E-state index >= 15 is 0 Å². The van der Waals surface area contributed by atoms with Gasteiger partial charge in [-0.25, -0.2) is 0 Å². The predicted molar refractivity (Wildman–Crippen MR) is 93.0 cm³/mol. The first-order valence-corrected chi connectivity index (χ1v) is 8.06. The molecule has 0 bridgehead atoms. The molecule has 0 spiro atoms. The van der Waals surface area contributed by atoms with Gasteiger partial charge in [0, 0.05) is 3.57 Å². The van der Waals surface area contributed by atoms with Crippen LogP contribution in [0.3, 0.4) is 0 Å². The number of hydrogen-bond donors (Lipinski definition) is 1. The van der Waals surface area contributed by atoms with Gasteiger partial charge in [-0.1, -0.05) is 57.2 Å². The summed E-state index contributed by atoms with van der Waals surface area (Å²) in [6.45, 7) is 6.70. The lowest BCUT2D eigenvalue weighted by atomic mass is 9.82. The fraction of sp³-hybridized carbons (Fsp3) is 0.333. The smallest absolute Gasteiger partial charge is 0.104 e. The zero-order valence-corrected chi connectivity index (χ0v) is 14.4. The van der Waals surface area contributed by atoms with Gasteiger partial charge in [-0.2, -0.15) is 0 Å². The Morgan fingerprint density at radius 2 is 1.40 bits per heavy atom. The molecule has 0 heterocycles. The minimum atomic E-state index is -0.550. The Kier molecular flexibility index (Phi) is 4.86. The molecule has 1 nitrogen and oxygen atoms in total. The molecule has 2 aromatic rings. The number of halogens is 1. The van der Waals surface area contributed by atoms with Crippen molar-refractivity contribution >= 4 is 22.6 Å². The maximum atomic E-state index is 10.4. The second kappa shape index (κ2) is 6.27. The molecule has 0 aliphatic carbocycles. The number of benzene rings is 2. The highest BCUT2D eigenvalue weighted by atomic mass is 127. The molecule has 106 valence electrons. The predicted octanol–water partition coefficient (Wildman–Crippen LogP) is 5.06. The minimum absolute atomic E-state index is 0.187. The van der Waals surface area contributed by atoms with E-state index in [4.69, 9.17) is 0 Å². The quantitative estimate of drug-likeness (QED) is 0.736. The maximum Gasteiger partial charge on any atom is 0.104 e. The van der Waals surface area contributed by atoms with Crippen LogP contribution in [0.4, 0.5) is 0 Å². The van der Waals surface area contributed by atoms with E-state index in [9.17, 15) is 5.11 Å². The van der Waals surface area contributed by atoms with Crippen molar-refractivity contribution in [2.24, 2.45) is 0 Å². The highest BCUT2D eigenvalue weighted by Crippen LogP contribution is 2.29. The average Bonchev–Trinajstić information content (AvgIpc) is 2.47. The van der Waals surface area contributed by atoms with Crippen LogP contribution >= 0.6 is 22.6 Å². The summed E-state index contributed by atoms with van der Waals surface area (Å²) in [6, 6.07) is 16.3. The lowest BCUT2D eigenvalue weighted by molar-refractivity contribution is 0.220. The summed E-state index contributed by atoms with van der Waals surface area (Å²) in [5.74, 6) is 0. The largest absolute Gasteiger partial charge is 0.384 e. The number of hydrogen-bond acceptors (Lipinski definition) is 1. The first kappa shape index (κ1) is 15.5. The van der Waals surface area contributed by atoms with Crippen LogP contribution in [0, 0.1) is 3.57 Å². The minimum Gasteiger partial charge on any atom is -0.384 e. The summed E-state index contributed by atoms with van der Waals surface area (Å²) in [5.41, 5.74) is 3.39. The molecule has 0 aliphatic heterocycles. The van der Waals surface area contributed by atoms with Gasteiger partial charge in [0.15, 0.2) is 0 Å². The molecule has 2 aromatic carbocycles. The van der Waals surface area contributed by atoms with Gasteiger partial charge in [-0.3, -0.25) is 0 Å². The second-order valence-electron chi connectivity index (χ2n) is 5.81. The first-order valence-electron chi connectivity index (χ1n) is 6.98. The van der Waals surface area contributed by atoms with Crippen LogP contribution < -0.4 is 0 Å². The van der Waals surface area contributed by atoms with Gasteiger partial charge in [-0.15, -0.1) is 0 Å². The van der Waals surface area contributed by atoms with Gasteiger partial charge in [0.2, 0.25) is 0 Å². The lowest BCUT2D eigenvalue weighted by Gasteiger charge is -2.24. The van der Waals surface area contributed by atoms with Gasteiger partial charge in [0.25, 0.3) is 0 Å². The monoisotopic (exact) mass is 380 g/mol. The van der Waals surface area contributed by atoms with Gasteiger partial charge in [-0.05, 0) is 63.2 Å². The van der Waals surface area contributed by atoms with E-state index in [1.807, 2.05) is 36.4 Å². The van der Waals surface area contributed by atoms with Crippen molar-refractivity contribution in [3.8, 4) is 0 Å². The van der Waals surface area contributed by atoms with Crippen LogP contribution in [-0.2, 0) is 5.41 Å². The zero-order valence-electron chi connectivity index (χ0n) is 12.2. The third kappa shape index (κ3) is 3.41. The maximum absolute atomic E-state index is 10.4. The molecule has 1 atom stereocenters. The highest BCUT2D eigenvalue weighted by Gasteiger charge is 2.18. The summed E-state index contributed by atoms with van der Waals surface area (Å²) in [7, 11) is 0. The Balaban J connectivity index is 2.23. The number of aliphatic hydroxyl groups is 1. The molecule has 0 amide bonds. The molecule has 0 saturated carbocycles. The van der Waals surface area contributed by atoms with Gasteiger partial charge < -0.3 is 5.11 Å². The fourth-order valence-electron chi connectivity index (χ4n) is 2.16. The molecule has 1 N–H and O–H groups in total. The molecule has 2 rings (SSSR count). The number of aliphatic hydroxyl groups excluding tert-OH is 1. The van der Waals surface area contributed by atoms with Crippen LogP contribution in [0.5, 0.6) is 0 Å². The fourth-order valence-corrected chi connectivity index (χ4v) is 2.52. The zero-order chi connectivity index (χ0) is 14.8. The van der Waals surface area contributed by atoms with Crippen molar-refractivity contribution in [2.75, 3.05) is 0 Å². The van der Waals surface area contributed by atoms with E-state index < -0.39 is 6.10 Å². The Hall–Kier alpha value is -0.870. The van der Waals surface area contributed by atoms with Crippen molar-refractivity contribution < 1.29 is 5.11 Å². The van der Waals surface area contributed by atoms with E-state index in [0.29, 0.717) is 0 Å². The van der Waals surface area contributed by atoms with Gasteiger partial charge in [0.1, 0.15) is 6.10 Å². The summed E-state index contributed by atoms with van der Waals surface area (Å²) in [5, 5.41) is 10.4. The molecule has 20 heavy (non-hydrogen) atoms. The molecular formula is C18H21IO. The molecule has 0 fully saturated rings. The lowest BCUT2D eigenvalue weighted by Crippen LogP contribution is -2.15. The van der Waals surface area contributed by atoms with Crippen molar-refractivity contribution in [3.05, 3.63) is 68.8 Å². The number of rotatable bonds is 4. The molecule has 1 unspecified atom stereocenters. The van der Waals surface area contributed by atoms with Crippen LogP contribution in [0.25, 0.3) is 0 Å². The Morgan fingerprint density at radius 1 is 0.950 bits per heavy atom. The highest BCUT2D eigenvalue weighted by molar-refractivity contribution is 14.1. The van der Waals surface area contributed by atoms with Crippen molar-refractivity contribution in [2.45, 2.75) is 38.7 Å². The van der Waals surface area contributed by atoms with Crippen LogP contribution in [0.2, 0.25) is 0 Å². The molecular weight excluding hydrogens is 359 g/mol. The van der Waals surface area contributed by atoms with Crippen LogP contribution in [0.15, 0.2) is 48.5 Å². The van der Waals surface area contributed by atoms with Crippen molar-refractivity contribution in [1.29, 1.82) is 0 Å². The molecule has 0 aromatic heterocycles. The van der Waals surface area contributed by atoms with Crippen molar-refractivity contribution in [3.63, 3.8) is 0 Å². The summed E-state index contributed by atoms with van der Waals surface area (Å²) in [4.78, 5) is 0. The molecule has 0 radical (unpaired) electrons. The standard InChI is InChI=1S/C18H21IO/c1-4-18(2,3)15-9-5-13(6-10-15)17(20)14-7-11-16(19)12-8-14/h5-12,17,20H,4H2,1-3H3. The molecule has 2 heteroatoms. The third-order valence-corrected chi connectivity index (χ3v) is 4.80. The van der Waals surface area contributed by atoms with E-state index in [0.717, 1.165) is 17.5 Å². The average molecular weight is 380 g/mol. The summed E-state index contributed by atoms with van der Waals surface area (Å²) in [6.07, 6.45) is 0.553. The third-order valence-electron chi connectivity index (χ3n) is 4.08. The van der Waals surface area contributed by atoms with Crippen LogP contribution in [-0.4, -0.2) is 5.11 Å². The first-order chi connectivity index (χ1) is 9.44. The topological polar surface area (TPSA) is 20.2 Å². The van der Waals surface area contributed by atoms with Crippen LogP contribution in [0.1, 0.15) is 50.0 Å². The van der Waals surface area contributed by atoms with E-state index in [1.54, 1.807) is 0 Å². The van der Waals surface area contributed by atoms with Gasteiger partial charge >= 0.3 is 0 Å². The van der Waals surface area contributed by atoms with Crippen molar-refractivity contribution in [1.82, 2.24) is 0 Å². The van der Waals surface area contributed by atoms with E-state index in [2.05, 4.69) is 55.5 Å². The second-order valence-corrected chi connectivity index (χ2v) is 7.06.